The molecule has 25 heavy (non-hydrogen) atoms. The summed E-state index contributed by atoms with van der Waals surface area (Å²) in [6, 6.07) is 10.2. The molecule has 126 valence electrons. The Morgan fingerprint density at radius 3 is 2.88 bits per heavy atom. The Bertz CT molecular complexity index is 1070. The van der Waals surface area contributed by atoms with E-state index in [-0.39, 0.29) is 6.10 Å². The second-order valence-corrected chi connectivity index (χ2v) is 7.89. The van der Waals surface area contributed by atoms with Crippen LogP contribution in [0.3, 0.4) is 0 Å². The topological polar surface area (TPSA) is 52.3 Å². The summed E-state index contributed by atoms with van der Waals surface area (Å²) in [6.07, 6.45) is 2.93. The molecule has 0 radical (unpaired) electrons. The van der Waals surface area contributed by atoms with Crippen LogP contribution in [0.4, 0.5) is 0 Å². The second-order valence-electron chi connectivity index (χ2n) is 6.81. The molecule has 5 rings (SSSR count). The molecule has 0 saturated heterocycles. The van der Waals surface area contributed by atoms with Crippen LogP contribution < -0.4 is 0 Å². The molecule has 0 spiro atoms. The Kier molecular flexibility index (Phi) is 3.36. The highest BCUT2D eigenvalue weighted by atomic mass is 32.1. The summed E-state index contributed by atoms with van der Waals surface area (Å²) < 4.78 is 8.05. The van der Waals surface area contributed by atoms with Gasteiger partial charge < -0.3 is 4.74 Å². The maximum Gasteiger partial charge on any atom is 0.172 e. The van der Waals surface area contributed by atoms with E-state index in [2.05, 4.69) is 36.2 Å². The molecule has 0 bridgehead atoms. The minimum absolute atomic E-state index is 0.252. The van der Waals surface area contributed by atoms with Crippen molar-refractivity contribution in [2.24, 2.45) is 5.92 Å². The molecule has 0 fully saturated rings. The van der Waals surface area contributed by atoms with Gasteiger partial charge in [-0.3, -0.25) is 4.40 Å². The summed E-state index contributed by atoms with van der Waals surface area (Å²) in [7, 11) is 0. The number of hydrogen-bond acceptors (Lipinski definition) is 5. The molecule has 0 saturated carbocycles. The van der Waals surface area contributed by atoms with E-state index in [1.54, 1.807) is 17.7 Å². The summed E-state index contributed by atoms with van der Waals surface area (Å²) in [5, 5.41) is 9.73. The van der Waals surface area contributed by atoms with Gasteiger partial charge in [0, 0.05) is 16.9 Å². The number of ether oxygens (including phenoxy) is 1. The highest BCUT2D eigenvalue weighted by Gasteiger charge is 2.28. The van der Waals surface area contributed by atoms with Crippen LogP contribution in [0.2, 0.25) is 0 Å². The lowest BCUT2D eigenvalue weighted by molar-refractivity contribution is 0.00203. The van der Waals surface area contributed by atoms with E-state index in [0.717, 1.165) is 33.7 Å². The second kappa shape index (κ2) is 5.61. The van der Waals surface area contributed by atoms with E-state index in [9.17, 15) is 0 Å². The fraction of sp³-hybridized carbons (Fsp3) is 0.316. The molecule has 0 amide bonds. The van der Waals surface area contributed by atoms with Crippen molar-refractivity contribution < 1.29 is 4.74 Å². The first-order chi connectivity index (χ1) is 12.2. The summed E-state index contributed by atoms with van der Waals surface area (Å²) in [5.41, 5.74) is 3.30. The molecule has 1 atom stereocenters. The minimum atomic E-state index is 0.252. The van der Waals surface area contributed by atoms with Crippen LogP contribution in [0.5, 0.6) is 0 Å². The first-order valence-electron chi connectivity index (χ1n) is 8.53. The van der Waals surface area contributed by atoms with Crippen LogP contribution in [-0.4, -0.2) is 25.7 Å². The predicted molar refractivity (Wildman–Crippen MR) is 98.7 cm³/mol. The molecular formula is C19H18N4OS. The Morgan fingerprint density at radius 2 is 2.08 bits per heavy atom. The first-order valence-corrected chi connectivity index (χ1v) is 9.35. The van der Waals surface area contributed by atoms with E-state index in [1.165, 1.54) is 10.4 Å². The maximum absolute atomic E-state index is 6.04. The third kappa shape index (κ3) is 2.28. The van der Waals surface area contributed by atoms with Crippen molar-refractivity contribution in [3.8, 4) is 11.4 Å². The van der Waals surface area contributed by atoms with Gasteiger partial charge in [-0.25, -0.2) is 4.98 Å². The number of aromatic nitrogens is 4. The summed E-state index contributed by atoms with van der Waals surface area (Å²) in [4.78, 5) is 7.26. The van der Waals surface area contributed by atoms with Gasteiger partial charge in [0.2, 0.25) is 0 Å². The summed E-state index contributed by atoms with van der Waals surface area (Å²) in [5.74, 6) is 1.38. The number of nitrogens with zero attached hydrogens (tertiary/aromatic N) is 4. The predicted octanol–water partition coefficient (Wildman–Crippen LogP) is 4.10. The zero-order chi connectivity index (χ0) is 17.0. The molecule has 1 aliphatic rings. The molecule has 0 N–H and O–H groups in total. The van der Waals surface area contributed by atoms with Crippen molar-refractivity contribution >= 4 is 27.2 Å². The van der Waals surface area contributed by atoms with Crippen molar-refractivity contribution in [3.05, 3.63) is 47.1 Å². The van der Waals surface area contributed by atoms with Gasteiger partial charge in [0.25, 0.3) is 0 Å². The summed E-state index contributed by atoms with van der Waals surface area (Å²) in [6.45, 7) is 5.09. The Hall–Kier alpha value is -2.31. The van der Waals surface area contributed by atoms with Gasteiger partial charge in [-0.1, -0.05) is 44.2 Å². The van der Waals surface area contributed by atoms with Crippen LogP contribution in [0.1, 0.15) is 24.3 Å². The van der Waals surface area contributed by atoms with Crippen molar-refractivity contribution in [3.63, 3.8) is 0 Å². The lowest BCUT2D eigenvalue weighted by Gasteiger charge is -2.26. The summed E-state index contributed by atoms with van der Waals surface area (Å²) >= 11 is 1.72. The lowest BCUT2D eigenvalue weighted by atomic mass is 9.96. The SMILES string of the molecule is CC(C)[C@H]1Cc2c(sc3nc(-c4ccccc4)n4cnnc4c23)CO1. The van der Waals surface area contributed by atoms with Crippen LogP contribution in [0, 0.1) is 5.92 Å². The Balaban J connectivity index is 1.78. The average molecular weight is 350 g/mol. The fourth-order valence-electron chi connectivity index (χ4n) is 3.51. The molecule has 1 aliphatic heterocycles. The van der Waals surface area contributed by atoms with Crippen LogP contribution in [-0.2, 0) is 17.8 Å². The monoisotopic (exact) mass is 350 g/mol. The van der Waals surface area contributed by atoms with Crippen molar-refractivity contribution in [1.29, 1.82) is 0 Å². The molecule has 0 aliphatic carbocycles. The molecule has 3 aromatic heterocycles. The van der Waals surface area contributed by atoms with Gasteiger partial charge >= 0.3 is 0 Å². The lowest BCUT2D eigenvalue weighted by Crippen LogP contribution is -2.26. The number of rotatable bonds is 2. The number of fused-ring (bicyclic) bond motifs is 5. The zero-order valence-electron chi connectivity index (χ0n) is 14.1. The van der Waals surface area contributed by atoms with E-state index < -0.39 is 0 Å². The quantitative estimate of drug-likeness (QED) is 0.546. The van der Waals surface area contributed by atoms with Crippen molar-refractivity contribution in [2.45, 2.75) is 33.0 Å². The molecule has 0 unspecified atom stereocenters. The Labute approximate surface area is 149 Å². The average Bonchev–Trinajstić information content (AvgIpc) is 3.24. The number of hydrogen-bond donors (Lipinski definition) is 0. The van der Waals surface area contributed by atoms with Crippen LogP contribution >= 0.6 is 11.3 Å². The largest absolute Gasteiger partial charge is 0.372 e. The maximum atomic E-state index is 6.04. The fourth-order valence-corrected chi connectivity index (χ4v) is 4.63. The van der Waals surface area contributed by atoms with Crippen LogP contribution in [0.15, 0.2) is 36.7 Å². The highest BCUT2D eigenvalue weighted by molar-refractivity contribution is 7.19. The van der Waals surface area contributed by atoms with Crippen LogP contribution in [0.25, 0.3) is 27.3 Å². The van der Waals surface area contributed by atoms with Gasteiger partial charge in [0.05, 0.1) is 18.1 Å². The molecule has 1 aromatic carbocycles. The van der Waals surface area contributed by atoms with Gasteiger partial charge in [0.1, 0.15) is 17.0 Å². The van der Waals surface area contributed by atoms with E-state index in [0.29, 0.717) is 12.5 Å². The third-order valence-electron chi connectivity index (χ3n) is 4.89. The number of thiophene rings is 1. The molecular weight excluding hydrogens is 332 g/mol. The van der Waals surface area contributed by atoms with Gasteiger partial charge in [-0.15, -0.1) is 21.5 Å². The van der Waals surface area contributed by atoms with E-state index >= 15 is 0 Å². The molecule has 4 heterocycles. The smallest absolute Gasteiger partial charge is 0.172 e. The third-order valence-corrected chi connectivity index (χ3v) is 5.99. The molecule has 5 nitrogen and oxygen atoms in total. The zero-order valence-corrected chi connectivity index (χ0v) is 15.0. The minimum Gasteiger partial charge on any atom is -0.372 e. The standard InChI is InChI=1S/C19H18N4OS/c1-11(2)14-8-13-15(9-24-14)25-19-16(13)18-22-20-10-23(18)17(21-19)12-6-4-3-5-7-12/h3-7,10-11,14H,8-9H2,1-2H3/t14-/m1/s1. The number of benzene rings is 1. The van der Waals surface area contributed by atoms with Crippen molar-refractivity contribution in [1.82, 2.24) is 19.6 Å². The highest BCUT2D eigenvalue weighted by Crippen LogP contribution is 2.39. The van der Waals surface area contributed by atoms with E-state index in [1.807, 2.05) is 22.6 Å². The molecule has 6 heteroatoms. The van der Waals surface area contributed by atoms with Gasteiger partial charge in [-0.05, 0) is 11.5 Å². The molecule has 4 aromatic rings. The van der Waals surface area contributed by atoms with E-state index in [4.69, 9.17) is 9.72 Å². The normalized spacial score (nSPS) is 17.5. The first kappa shape index (κ1) is 15.0. The van der Waals surface area contributed by atoms with Crippen molar-refractivity contribution in [2.75, 3.05) is 0 Å². The van der Waals surface area contributed by atoms with Gasteiger partial charge in [-0.2, -0.15) is 0 Å². The Morgan fingerprint density at radius 1 is 1.24 bits per heavy atom. The van der Waals surface area contributed by atoms with Gasteiger partial charge in [0.15, 0.2) is 5.65 Å².